The van der Waals surface area contributed by atoms with Gasteiger partial charge in [-0.25, -0.2) is 13.1 Å². The number of ether oxygens (including phenoxy) is 1. The van der Waals surface area contributed by atoms with E-state index in [-0.39, 0.29) is 24.3 Å². The van der Waals surface area contributed by atoms with E-state index in [1.165, 1.54) is 0 Å². The van der Waals surface area contributed by atoms with Gasteiger partial charge in [-0.1, -0.05) is 54.1 Å². The van der Waals surface area contributed by atoms with Crippen molar-refractivity contribution < 1.29 is 17.9 Å². The number of hydrogen-bond donors (Lipinski definition) is 1. The molecule has 0 bridgehead atoms. The second-order valence-electron chi connectivity index (χ2n) is 7.80. The zero-order chi connectivity index (χ0) is 21.6. The van der Waals surface area contributed by atoms with Crippen LogP contribution in [0.15, 0.2) is 48.5 Å². The van der Waals surface area contributed by atoms with Crippen molar-refractivity contribution >= 4 is 15.9 Å². The van der Waals surface area contributed by atoms with Crippen LogP contribution < -0.4 is 4.72 Å². The maximum absolute atomic E-state index is 12.6. The summed E-state index contributed by atoms with van der Waals surface area (Å²) in [5, 5.41) is 0. The van der Waals surface area contributed by atoms with Crippen LogP contribution in [0.5, 0.6) is 0 Å². The average Bonchev–Trinajstić information content (AvgIpc) is 2.74. The Balaban J connectivity index is 1.44. The summed E-state index contributed by atoms with van der Waals surface area (Å²) in [5.74, 6) is -0.00982. The van der Waals surface area contributed by atoms with E-state index in [9.17, 15) is 13.2 Å². The number of aryl methyl sites for hydroxylation is 2. The number of morpholine rings is 1. The molecular formula is C23H30N2O4S. The van der Waals surface area contributed by atoms with E-state index in [0.717, 1.165) is 22.3 Å². The lowest BCUT2D eigenvalue weighted by Crippen LogP contribution is -2.42. The van der Waals surface area contributed by atoms with E-state index in [4.69, 9.17) is 4.74 Å². The van der Waals surface area contributed by atoms with Crippen molar-refractivity contribution in [3.05, 3.63) is 70.8 Å². The number of benzene rings is 2. The summed E-state index contributed by atoms with van der Waals surface area (Å²) in [4.78, 5) is 14.4. The van der Waals surface area contributed by atoms with Crippen LogP contribution in [0.2, 0.25) is 0 Å². The maximum atomic E-state index is 12.6. The Hall–Kier alpha value is -2.22. The molecule has 2 aromatic carbocycles. The molecule has 1 heterocycles. The van der Waals surface area contributed by atoms with Gasteiger partial charge in [0.1, 0.15) is 6.10 Å². The Bertz CT molecular complexity index is 960. The van der Waals surface area contributed by atoms with Crippen molar-refractivity contribution in [2.24, 2.45) is 0 Å². The van der Waals surface area contributed by atoms with Gasteiger partial charge in [0, 0.05) is 19.5 Å². The first-order chi connectivity index (χ1) is 14.3. The molecule has 3 rings (SSSR count). The largest absolute Gasteiger partial charge is 0.370 e. The second kappa shape index (κ2) is 10.2. The number of carbonyl (C=O) groups excluding carboxylic acids is 1. The highest BCUT2D eigenvalue weighted by Crippen LogP contribution is 2.22. The number of sulfonamides is 1. The minimum Gasteiger partial charge on any atom is -0.370 e. The zero-order valence-corrected chi connectivity index (χ0v) is 18.5. The molecule has 1 saturated heterocycles. The van der Waals surface area contributed by atoms with Gasteiger partial charge in [-0.2, -0.15) is 0 Å². The number of nitrogens with zero attached hydrogens (tertiary/aromatic N) is 1. The third-order valence-corrected chi connectivity index (χ3v) is 6.67. The molecule has 162 valence electrons. The van der Waals surface area contributed by atoms with Gasteiger partial charge in [-0.05, 0) is 37.0 Å². The lowest BCUT2D eigenvalue weighted by molar-refractivity contribution is -0.139. The molecule has 1 atom stereocenters. The second-order valence-corrected chi connectivity index (χ2v) is 9.60. The highest BCUT2D eigenvalue weighted by Gasteiger charge is 2.25. The van der Waals surface area contributed by atoms with Gasteiger partial charge in [0.15, 0.2) is 0 Å². The molecule has 1 amide bonds. The van der Waals surface area contributed by atoms with Crippen LogP contribution in [0.3, 0.4) is 0 Å². The van der Waals surface area contributed by atoms with Gasteiger partial charge in [0.25, 0.3) is 0 Å². The van der Waals surface area contributed by atoms with Crippen LogP contribution in [0.1, 0.15) is 41.2 Å². The molecule has 1 unspecified atom stereocenters. The highest BCUT2D eigenvalue weighted by atomic mass is 32.2. The number of nitrogens with one attached hydrogen (secondary N) is 1. The molecule has 6 nitrogen and oxygen atoms in total. The number of amides is 1. The maximum Gasteiger partial charge on any atom is 0.222 e. The Morgan fingerprint density at radius 2 is 1.93 bits per heavy atom. The molecule has 0 saturated carbocycles. The molecular weight excluding hydrogens is 400 g/mol. The Labute approximate surface area is 179 Å². The lowest BCUT2D eigenvalue weighted by Gasteiger charge is -2.33. The zero-order valence-electron chi connectivity index (χ0n) is 17.6. The molecule has 30 heavy (non-hydrogen) atoms. The van der Waals surface area contributed by atoms with Crippen molar-refractivity contribution in [1.82, 2.24) is 9.62 Å². The Kier molecular flexibility index (Phi) is 7.64. The summed E-state index contributed by atoms with van der Waals surface area (Å²) >= 11 is 0. The van der Waals surface area contributed by atoms with Crippen molar-refractivity contribution in [2.75, 3.05) is 26.2 Å². The third-order valence-electron chi connectivity index (χ3n) is 5.33. The Morgan fingerprint density at radius 1 is 1.17 bits per heavy atom. The first-order valence-electron chi connectivity index (χ1n) is 10.3. The van der Waals surface area contributed by atoms with Gasteiger partial charge in [-0.15, -0.1) is 0 Å². The number of hydrogen-bond acceptors (Lipinski definition) is 4. The first-order valence-corrected chi connectivity index (χ1v) is 12.0. The van der Waals surface area contributed by atoms with Gasteiger partial charge in [0.05, 0.1) is 18.9 Å². The molecule has 0 radical (unpaired) electrons. The number of carbonyl (C=O) groups is 1. The van der Waals surface area contributed by atoms with Gasteiger partial charge < -0.3 is 9.64 Å². The van der Waals surface area contributed by atoms with Crippen LogP contribution in [-0.2, 0) is 25.3 Å². The fourth-order valence-corrected chi connectivity index (χ4v) is 4.86. The fraction of sp³-hybridized carbons (Fsp3) is 0.435. The standard InChI is InChI=1S/C23H30N2O4S/c1-18-10-11-19(2)21(15-18)17-30(27,28)24-12-6-9-23(26)25-13-14-29-22(16-25)20-7-4-3-5-8-20/h3-5,7-8,10-11,15,22,24H,6,9,12-14,16-17H2,1-2H3. The quantitative estimate of drug-likeness (QED) is 0.653. The van der Waals surface area contributed by atoms with E-state index in [1.54, 1.807) is 0 Å². The van der Waals surface area contributed by atoms with Crippen LogP contribution in [0.25, 0.3) is 0 Å². The molecule has 2 aromatic rings. The predicted octanol–water partition coefficient (Wildman–Crippen LogP) is 3.10. The lowest BCUT2D eigenvalue weighted by atomic mass is 10.1. The number of rotatable bonds is 8. The van der Waals surface area contributed by atoms with Gasteiger partial charge >= 0.3 is 0 Å². The van der Waals surface area contributed by atoms with Crippen molar-refractivity contribution in [2.45, 2.75) is 38.5 Å². The van der Waals surface area contributed by atoms with Crippen LogP contribution >= 0.6 is 0 Å². The summed E-state index contributed by atoms with van der Waals surface area (Å²) in [5.41, 5.74) is 3.87. The van der Waals surface area contributed by atoms with Crippen molar-refractivity contribution in [1.29, 1.82) is 0 Å². The molecule has 0 spiro atoms. The highest BCUT2D eigenvalue weighted by molar-refractivity contribution is 7.88. The van der Waals surface area contributed by atoms with Crippen molar-refractivity contribution in [3.63, 3.8) is 0 Å². The summed E-state index contributed by atoms with van der Waals surface area (Å²) in [6.07, 6.45) is 0.672. The van der Waals surface area contributed by atoms with Gasteiger partial charge in [-0.3, -0.25) is 4.79 Å². The van der Waals surface area contributed by atoms with E-state index >= 15 is 0 Å². The third kappa shape index (κ3) is 6.39. The minimum atomic E-state index is -3.44. The summed E-state index contributed by atoms with van der Waals surface area (Å²) in [6, 6.07) is 15.7. The summed E-state index contributed by atoms with van der Waals surface area (Å²) < 4.78 is 33.2. The fourth-order valence-electron chi connectivity index (χ4n) is 3.58. The average molecular weight is 431 g/mol. The van der Waals surface area contributed by atoms with Gasteiger partial charge in [0.2, 0.25) is 15.9 Å². The molecule has 0 aliphatic carbocycles. The van der Waals surface area contributed by atoms with Crippen molar-refractivity contribution in [3.8, 4) is 0 Å². The molecule has 1 aliphatic heterocycles. The normalized spacial score (nSPS) is 17.1. The molecule has 7 heteroatoms. The van der Waals surface area contributed by atoms with Crippen LogP contribution in [0.4, 0.5) is 0 Å². The molecule has 1 aliphatic rings. The predicted molar refractivity (Wildman–Crippen MR) is 117 cm³/mol. The monoisotopic (exact) mass is 430 g/mol. The SMILES string of the molecule is Cc1ccc(C)c(CS(=O)(=O)NCCCC(=O)N2CCOC(c3ccccc3)C2)c1. The van der Waals surface area contributed by atoms with E-state index < -0.39 is 10.0 Å². The Morgan fingerprint density at radius 3 is 2.70 bits per heavy atom. The van der Waals surface area contributed by atoms with E-state index in [0.29, 0.717) is 32.5 Å². The summed E-state index contributed by atoms with van der Waals surface area (Å²) in [6.45, 7) is 5.72. The van der Waals surface area contributed by atoms with Crippen LogP contribution in [0, 0.1) is 13.8 Å². The first kappa shape index (κ1) is 22.5. The molecule has 0 aromatic heterocycles. The molecule has 1 N–H and O–H groups in total. The molecule has 1 fully saturated rings. The van der Waals surface area contributed by atoms with E-state index in [2.05, 4.69) is 4.72 Å². The van der Waals surface area contributed by atoms with Crippen LogP contribution in [-0.4, -0.2) is 45.5 Å². The topological polar surface area (TPSA) is 75.7 Å². The summed E-state index contributed by atoms with van der Waals surface area (Å²) in [7, 11) is -3.44. The van der Waals surface area contributed by atoms with E-state index in [1.807, 2.05) is 67.3 Å². The minimum absolute atomic E-state index is 0.0351. The smallest absolute Gasteiger partial charge is 0.222 e.